The molecule has 22 heavy (non-hydrogen) atoms. The summed E-state index contributed by atoms with van der Waals surface area (Å²) >= 11 is 0. The highest BCUT2D eigenvalue weighted by atomic mass is 19.3. The average Bonchev–Trinajstić information content (AvgIpc) is 2.92. The van der Waals surface area contributed by atoms with Gasteiger partial charge in [-0.3, -0.25) is 19.9 Å². The molecule has 5 unspecified atom stereocenters. The van der Waals surface area contributed by atoms with E-state index < -0.39 is 18.0 Å². The van der Waals surface area contributed by atoms with E-state index in [-0.39, 0.29) is 43.7 Å². The Morgan fingerprint density at radius 1 is 1.23 bits per heavy atom. The number of rotatable bonds is 1. The first kappa shape index (κ1) is 14.7. The van der Waals surface area contributed by atoms with Gasteiger partial charge in [0.2, 0.25) is 5.91 Å². The lowest BCUT2D eigenvalue weighted by Crippen LogP contribution is -2.53. The highest BCUT2D eigenvalue weighted by Gasteiger charge is 2.55. The molecule has 0 radical (unpaired) electrons. The van der Waals surface area contributed by atoms with Crippen molar-refractivity contribution in [1.29, 1.82) is 0 Å². The monoisotopic (exact) mass is 318 g/mol. The van der Waals surface area contributed by atoms with E-state index in [1.807, 2.05) is 0 Å². The summed E-state index contributed by atoms with van der Waals surface area (Å²) in [5.41, 5.74) is 0. The number of carbonyl (C=O) groups excluding carboxylic acids is 1. The van der Waals surface area contributed by atoms with Gasteiger partial charge in [0.15, 0.2) is 0 Å². The van der Waals surface area contributed by atoms with Crippen LogP contribution in [0.5, 0.6) is 0 Å². The Balaban J connectivity index is 1.60. The van der Waals surface area contributed by atoms with Crippen LogP contribution in [0.1, 0.15) is 19.3 Å². The first-order chi connectivity index (χ1) is 10.4. The molecule has 0 aromatic rings. The molecular formula is C14H21F3N4O. The molecule has 1 amide bonds. The van der Waals surface area contributed by atoms with Crippen molar-refractivity contribution in [3.63, 3.8) is 0 Å². The molecule has 3 saturated heterocycles. The lowest BCUT2D eigenvalue weighted by Gasteiger charge is -2.37. The van der Waals surface area contributed by atoms with Gasteiger partial charge in [0, 0.05) is 38.1 Å². The fraction of sp³-hybridized carbons (Fsp3) is 0.929. The van der Waals surface area contributed by atoms with Crippen molar-refractivity contribution in [2.24, 2.45) is 5.92 Å². The number of hydrogen-bond donors (Lipinski definition) is 2. The van der Waals surface area contributed by atoms with Crippen LogP contribution in [0.4, 0.5) is 13.2 Å². The van der Waals surface area contributed by atoms with Crippen LogP contribution >= 0.6 is 0 Å². The van der Waals surface area contributed by atoms with Crippen molar-refractivity contribution >= 4 is 5.91 Å². The highest BCUT2D eigenvalue weighted by molar-refractivity contribution is 5.80. The summed E-state index contributed by atoms with van der Waals surface area (Å²) < 4.78 is 41.0. The van der Waals surface area contributed by atoms with Gasteiger partial charge in [-0.1, -0.05) is 0 Å². The van der Waals surface area contributed by atoms with E-state index in [2.05, 4.69) is 15.5 Å². The molecule has 0 spiro atoms. The Kier molecular flexibility index (Phi) is 3.39. The number of nitrogens with zero attached hydrogens (tertiary/aromatic N) is 2. The third-order valence-corrected chi connectivity index (χ3v) is 5.46. The zero-order chi connectivity index (χ0) is 15.5. The maximum atomic E-state index is 14.0. The molecule has 1 aliphatic carbocycles. The van der Waals surface area contributed by atoms with Crippen molar-refractivity contribution in [3.8, 4) is 0 Å². The minimum atomic E-state index is -2.66. The second kappa shape index (κ2) is 5.07. The van der Waals surface area contributed by atoms with E-state index in [0.717, 1.165) is 0 Å². The van der Waals surface area contributed by atoms with E-state index in [1.54, 1.807) is 4.90 Å². The Labute approximate surface area is 127 Å². The maximum Gasteiger partial charge on any atom is 0.261 e. The van der Waals surface area contributed by atoms with Crippen LogP contribution in [-0.2, 0) is 4.79 Å². The lowest BCUT2D eigenvalue weighted by molar-refractivity contribution is -0.127. The van der Waals surface area contributed by atoms with Crippen molar-refractivity contribution in [3.05, 3.63) is 0 Å². The van der Waals surface area contributed by atoms with Crippen LogP contribution in [0, 0.1) is 5.92 Å². The predicted octanol–water partition coefficient (Wildman–Crippen LogP) is 0.131. The molecule has 1 saturated carbocycles. The number of amides is 1. The second-order valence-electron chi connectivity index (χ2n) is 6.92. The van der Waals surface area contributed by atoms with Crippen LogP contribution in [0.2, 0.25) is 0 Å². The molecule has 3 heterocycles. The molecular weight excluding hydrogens is 297 g/mol. The number of nitrogens with one attached hydrogen (secondary N) is 2. The molecule has 5 atom stereocenters. The minimum absolute atomic E-state index is 0.0891. The zero-order valence-electron chi connectivity index (χ0n) is 12.3. The summed E-state index contributed by atoms with van der Waals surface area (Å²) in [6, 6.07) is -0.231. The van der Waals surface area contributed by atoms with Gasteiger partial charge in [-0.25, -0.2) is 13.2 Å². The van der Waals surface area contributed by atoms with Gasteiger partial charge in [0.25, 0.3) is 5.92 Å². The molecule has 4 aliphatic rings. The largest absolute Gasteiger partial charge is 0.355 e. The SMILES string of the molecule is O=C1NCCN2C3C(CC(F)CC13)NC2N1CCC(F)(F)C1. The molecule has 0 aromatic carbocycles. The van der Waals surface area contributed by atoms with E-state index in [4.69, 9.17) is 0 Å². The highest BCUT2D eigenvalue weighted by Crippen LogP contribution is 2.39. The summed E-state index contributed by atoms with van der Waals surface area (Å²) in [6.07, 6.45) is -0.882. The molecule has 8 heteroatoms. The Morgan fingerprint density at radius 3 is 2.77 bits per heavy atom. The van der Waals surface area contributed by atoms with Gasteiger partial charge < -0.3 is 5.32 Å². The first-order valence-electron chi connectivity index (χ1n) is 8.00. The van der Waals surface area contributed by atoms with E-state index in [1.165, 1.54) is 0 Å². The van der Waals surface area contributed by atoms with Crippen molar-refractivity contribution in [2.75, 3.05) is 26.2 Å². The van der Waals surface area contributed by atoms with Crippen LogP contribution in [0.25, 0.3) is 0 Å². The average molecular weight is 318 g/mol. The smallest absolute Gasteiger partial charge is 0.261 e. The standard InChI is InChI=1S/C14H21F3N4O/c15-8-5-9-11-10(6-8)19-13(20-3-1-14(16,17)7-20)21(11)4-2-18-12(9)22/h8-11,13,19H,1-7H2,(H,18,22). The minimum Gasteiger partial charge on any atom is -0.355 e. The maximum absolute atomic E-state index is 14.0. The molecule has 3 aliphatic heterocycles. The third kappa shape index (κ3) is 2.32. The molecule has 2 N–H and O–H groups in total. The number of likely N-dealkylation sites (tertiary alicyclic amines) is 1. The van der Waals surface area contributed by atoms with Crippen LogP contribution in [-0.4, -0.2) is 72.4 Å². The summed E-state index contributed by atoms with van der Waals surface area (Å²) in [6.45, 7) is 1.15. The van der Waals surface area contributed by atoms with Gasteiger partial charge in [-0.05, 0) is 12.8 Å². The first-order valence-corrected chi connectivity index (χ1v) is 8.00. The van der Waals surface area contributed by atoms with Crippen LogP contribution in [0.15, 0.2) is 0 Å². The Morgan fingerprint density at radius 2 is 2.05 bits per heavy atom. The zero-order valence-corrected chi connectivity index (χ0v) is 12.3. The van der Waals surface area contributed by atoms with Crippen molar-refractivity contribution in [2.45, 2.75) is 49.7 Å². The topological polar surface area (TPSA) is 47.6 Å². The second-order valence-corrected chi connectivity index (χ2v) is 6.92. The summed E-state index contributed by atoms with van der Waals surface area (Å²) in [4.78, 5) is 16.0. The summed E-state index contributed by atoms with van der Waals surface area (Å²) in [7, 11) is 0. The van der Waals surface area contributed by atoms with Crippen molar-refractivity contribution < 1.29 is 18.0 Å². The summed E-state index contributed by atoms with van der Waals surface area (Å²) in [5.74, 6) is -3.15. The fourth-order valence-electron chi connectivity index (χ4n) is 4.54. The molecule has 4 fully saturated rings. The number of carbonyl (C=O) groups is 1. The van der Waals surface area contributed by atoms with E-state index in [0.29, 0.717) is 26.1 Å². The molecule has 5 nitrogen and oxygen atoms in total. The normalized spacial score (nSPS) is 45.4. The van der Waals surface area contributed by atoms with E-state index >= 15 is 0 Å². The van der Waals surface area contributed by atoms with Crippen molar-refractivity contribution in [1.82, 2.24) is 20.4 Å². The van der Waals surface area contributed by atoms with Gasteiger partial charge in [0.1, 0.15) is 12.5 Å². The van der Waals surface area contributed by atoms with Crippen LogP contribution < -0.4 is 10.6 Å². The third-order valence-electron chi connectivity index (χ3n) is 5.46. The molecule has 0 aromatic heterocycles. The molecule has 0 bridgehead atoms. The van der Waals surface area contributed by atoms with Crippen LogP contribution in [0.3, 0.4) is 0 Å². The van der Waals surface area contributed by atoms with Gasteiger partial charge in [-0.2, -0.15) is 0 Å². The molecule has 124 valence electrons. The lowest BCUT2D eigenvalue weighted by atomic mass is 9.80. The Bertz CT molecular complexity index is 477. The van der Waals surface area contributed by atoms with Gasteiger partial charge >= 0.3 is 0 Å². The number of halogens is 3. The number of alkyl halides is 3. The van der Waals surface area contributed by atoms with E-state index in [9.17, 15) is 18.0 Å². The predicted molar refractivity (Wildman–Crippen MR) is 73.0 cm³/mol. The quantitative estimate of drug-likeness (QED) is 0.722. The molecule has 4 rings (SSSR count). The van der Waals surface area contributed by atoms with Gasteiger partial charge in [0.05, 0.1) is 12.5 Å². The fourth-order valence-corrected chi connectivity index (χ4v) is 4.54. The Hall–Kier alpha value is -0.860. The number of hydrogen-bond acceptors (Lipinski definition) is 4. The van der Waals surface area contributed by atoms with Gasteiger partial charge in [-0.15, -0.1) is 0 Å². The summed E-state index contributed by atoms with van der Waals surface area (Å²) in [5, 5.41) is 6.16.